The second-order valence-corrected chi connectivity index (χ2v) is 3.47. The minimum atomic E-state index is -0.274. The third-order valence-electron chi connectivity index (χ3n) is 2.19. The van der Waals surface area contributed by atoms with E-state index >= 15 is 0 Å². The van der Waals surface area contributed by atoms with Gasteiger partial charge in [-0.3, -0.25) is 10.1 Å². The number of fused-ring (bicyclic) bond motifs is 1. The Hall–Kier alpha value is -1.16. The van der Waals surface area contributed by atoms with Crippen LogP contribution >= 0.6 is 11.6 Å². The first-order valence-electron chi connectivity index (χ1n) is 4.50. The molecule has 1 amide bonds. The molecule has 1 heterocycles. The smallest absolute Gasteiger partial charge is 0.241 e. The Kier molecular flexibility index (Phi) is 2.63. The second-order valence-electron chi connectivity index (χ2n) is 3.20. The molecule has 1 N–H and O–H groups in total. The molecule has 1 aliphatic carbocycles. The minimum absolute atomic E-state index is 0.0690. The van der Waals surface area contributed by atoms with E-state index in [1.54, 1.807) is 6.20 Å². The molecule has 5 heteroatoms. The Labute approximate surface area is 86.7 Å². The van der Waals surface area contributed by atoms with E-state index in [-0.39, 0.29) is 11.8 Å². The van der Waals surface area contributed by atoms with Crippen molar-refractivity contribution in [1.82, 2.24) is 9.97 Å². The van der Waals surface area contributed by atoms with Crippen molar-refractivity contribution in [3.05, 3.63) is 17.5 Å². The lowest BCUT2D eigenvalue weighted by Gasteiger charge is -2.02. The molecule has 0 aliphatic heterocycles. The highest BCUT2D eigenvalue weighted by atomic mass is 35.5. The molecule has 74 valence electrons. The maximum absolute atomic E-state index is 11.0. The number of halogens is 1. The van der Waals surface area contributed by atoms with E-state index in [9.17, 15) is 4.79 Å². The Morgan fingerprint density at radius 1 is 1.57 bits per heavy atom. The molecular weight excluding hydrogens is 202 g/mol. The van der Waals surface area contributed by atoms with Crippen molar-refractivity contribution in [2.45, 2.75) is 19.3 Å². The summed E-state index contributed by atoms with van der Waals surface area (Å²) in [5.41, 5.74) is 2.23. The zero-order valence-corrected chi connectivity index (χ0v) is 8.34. The number of alkyl halides is 1. The lowest BCUT2D eigenvalue weighted by molar-refractivity contribution is -0.114. The first-order valence-corrected chi connectivity index (χ1v) is 5.03. The number of carbonyl (C=O) groups excluding carboxylic acids is 1. The third-order valence-corrected chi connectivity index (χ3v) is 2.43. The van der Waals surface area contributed by atoms with Gasteiger partial charge in [-0.2, -0.15) is 0 Å². The fourth-order valence-corrected chi connectivity index (χ4v) is 1.60. The summed E-state index contributed by atoms with van der Waals surface area (Å²) >= 11 is 5.35. The summed E-state index contributed by atoms with van der Waals surface area (Å²) in [6, 6.07) is 0. The molecule has 2 rings (SSSR count). The van der Waals surface area contributed by atoms with Gasteiger partial charge in [-0.15, -0.1) is 11.6 Å². The summed E-state index contributed by atoms with van der Waals surface area (Å²) in [5.74, 6) is 0.0152. The summed E-state index contributed by atoms with van der Waals surface area (Å²) in [7, 11) is 0. The van der Waals surface area contributed by atoms with Crippen LogP contribution in [-0.4, -0.2) is 21.8 Å². The van der Waals surface area contributed by atoms with Gasteiger partial charge in [-0.25, -0.2) is 9.97 Å². The number of aromatic nitrogens is 2. The predicted octanol–water partition coefficient (Wildman–Crippen LogP) is 1.14. The van der Waals surface area contributed by atoms with Crippen molar-refractivity contribution in [3.8, 4) is 0 Å². The van der Waals surface area contributed by atoms with Gasteiger partial charge in [0.05, 0.1) is 0 Å². The van der Waals surface area contributed by atoms with Gasteiger partial charge in [0.1, 0.15) is 5.88 Å². The highest BCUT2D eigenvalue weighted by Crippen LogP contribution is 2.19. The second kappa shape index (κ2) is 3.92. The quantitative estimate of drug-likeness (QED) is 0.747. The summed E-state index contributed by atoms with van der Waals surface area (Å²) in [4.78, 5) is 19.2. The molecule has 0 atom stereocenters. The van der Waals surface area contributed by atoms with Gasteiger partial charge in [0.2, 0.25) is 11.9 Å². The van der Waals surface area contributed by atoms with Crippen LogP contribution in [0.1, 0.15) is 17.7 Å². The molecule has 0 unspecified atom stereocenters. The topological polar surface area (TPSA) is 54.9 Å². The molecule has 1 aliphatic rings. The number of nitrogens with zero attached hydrogens (tertiary/aromatic N) is 2. The van der Waals surface area contributed by atoms with Gasteiger partial charge >= 0.3 is 0 Å². The summed E-state index contributed by atoms with van der Waals surface area (Å²) in [6.45, 7) is 0. The van der Waals surface area contributed by atoms with E-state index in [0.29, 0.717) is 5.95 Å². The molecule has 0 aromatic carbocycles. The third kappa shape index (κ3) is 1.85. The molecule has 0 saturated carbocycles. The van der Waals surface area contributed by atoms with Crippen LogP contribution in [0.4, 0.5) is 5.95 Å². The van der Waals surface area contributed by atoms with Gasteiger partial charge in [0.25, 0.3) is 0 Å². The zero-order chi connectivity index (χ0) is 9.97. The Morgan fingerprint density at radius 2 is 2.43 bits per heavy atom. The molecule has 4 nitrogen and oxygen atoms in total. The summed E-state index contributed by atoms with van der Waals surface area (Å²) < 4.78 is 0. The Balaban J connectivity index is 2.16. The van der Waals surface area contributed by atoms with Crippen LogP contribution in [0.2, 0.25) is 0 Å². The number of amides is 1. The summed E-state index contributed by atoms with van der Waals surface area (Å²) in [6.07, 6.45) is 4.91. The van der Waals surface area contributed by atoms with E-state index in [0.717, 1.165) is 25.0 Å². The first kappa shape index (κ1) is 9.40. The van der Waals surface area contributed by atoms with Crippen LogP contribution in [0.3, 0.4) is 0 Å². The van der Waals surface area contributed by atoms with Crippen molar-refractivity contribution in [1.29, 1.82) is 0 Å². The van der Waals surface area contributed by atoms with E-state index in [1.807, 2.05) is 0 Å². The maximum Gasteiger partial charge on any atom is 0.241 e. The molecule has 0 spiro atoms. The molecule has 0 radical (unpaired) electrons. The minimum Gasteiger partial charge on any atom is -0.293 e. The van der Waals surface area contributed by atoms with Crippen molar-refractivity contribution < 1.29 is 4.79 Å². The summed E-state index contributed by atoms with van der Waals surface area (Å²) in [5, 5.41) is 2.53. The number of carbonyl (C=O) groups is 1. The number of nitrogens with one attached hydrogen (secondary N) is 1. The van der Waals surface area contributed by atoms with Crippen LogP contribution in [0, 0.1) is 0 Å². The van der Waals surface area contributed by atoms with Crippen LogP contribution in [0.5, 0.6) is 0 Å². The normalized spacial score (nSPS) is 13.8. The van der Waals surface area contributed by atoms with Crippen LogP contribution in [0.15, 0.2) is 6.20 Å². The number of hydrogen-bond donors (Lipinski definition) is 1. The monoisotopic (exact) mass is 211 g/mol. The number of aryl methyl sites for hydroxylation is 2. The fraction of sp³-hybridized carbons (Fsp3) is 0.444. The maximum atomic E-state index is 11.0. The molecule has 0 saturated heterocycles. The number of hydrogen-bond acceptors (Lipinski definition) is 3. The van der Waals surface area contributed by atoms with Gasteiger partial charge in [0, 0.05) is 11.9 Å². The number of rotatable bonds is 2. The van der Waals surface area contributed by atoms with E-state index < -0.39 is 0 Å². The van der Waals surface area contributed by atoms with Crippen molar-refractivity contribution in [2.24, 2.45) is 0 Å². The predicted molar refractivity (Wildman–Crippen MR) is 53.4 cm³/mol. The highest BCUT2D eigenvalue weighted by Gasteiger charge is 2.13. The van der Waals surface area contributed by atoms with Crippen molar-refractivity contribution >= 4 is 23.5 Å². The number of anilines is 1. The van der Waals surface area contributed by atoms with Gasteiger partial charge < -0.3 is 0 Å². The lowest BCUT2D eigenvalue weighted by atomic mass is 10.3. The van der Waals surface area contributed by atoms with Gasteiger partial charge in [0.15, 0.2) is 0 Å². The van der Waals surface area contributed by atoms with Crippen molar-refractivity contribution in [3.63, 3.8) is 0 Å². The molecule has 1 aromatic heterocycles. The molecule has 14 heavy (non-hydrogen) atoms. The van der Waals surface area contributed by atoms with Crippen LogP contribution in [-0.2, 0) is 17.6 Å². The van der Waals surface area contributed by atoms with Crippen molar-refractivity contribution in [2.75, 3.05) is 11.2 Å². The highest BCUT2D eigenvalue weighted by molar-refractivity contribution is 6.28. The van der Waals surface area contributed by atoms with E-state index in [4.69, 9.17) is 11.6 Å². The lowest BCUT2D eigenvalue weighted by Crippen LogP contribution is -2.15. The fourth-order valence-electron chi connectivity index (χ4n) is 1.53. The molecule has 0 fully saturated rings. The van der Waals surface area contributed by atoms with Crippen LogP contribution < -0.4 is 5.32 Å². The largest absolute Gasteiger partial charge is 0.293 e. The standard InChI is InChI=1S/C9H10ClN3O/c10-4-8(14)13-9-11-5-6-2-1-3-7(6)12-9/h5H,1-4H2,(H,11,12,13,14). The van der Waals surface area contributed by atoms with E-state index in [2.05, 4.69) is 15.3 Å². The SMILES string of the molecule is O=C(CCl)Nc1ncc2c(n1)CCC2. The average molecular weight is 212 g/mol. The van der Waals surface area contributed by atoms with Crippen LogP contribution in [0.25, 0.3) is 0 Å². The zero-order valence-electron chi connectivity index (χ0n) is 7.59. The first-order chi connectivity index (χ1) is 6.79. The average Bonchev–Trinajstić information content (AvgIpc) is 2.64. The Bertz CT molecular complexity index is 367. The van der Waals surface area contributed by atoms with Gasteiger partial charge in [-0.05, 0) is 24.8 Å². The van der Waals surface area contributed by atoms with E-state index in [1.165, 1.54) is 5.56 Å². The Morgan fingerprint density at radius 3 is 3.21 bits per heavy atom. The molecule has 0 bridgehead atoms. The van der Waals surface area contributed by atoms with Gasteiger partial charge in [-0.1, -0.05) is 0 Å². The molecule has 1 aromatic rings. The molecular formula is C9H10ClN3O.